The molecule has 0 spiro atoms. The van der Waals surface area contributed by atoms with Crippen LogP contribution in [-0.2, 0) is 11.3 Å². The van der Waals surface area contributed by atoms with Crippen LogP contribution in [0.4, 0.5) is 0 Å². The molecular formula is C20H20BrN3O2S. The van der Waals surface area contributed by atoms with E-state index in [0.29, 0.717) is 11.7 Å². The van der Waals surface area contributed by atoms with Crippen LogP contribution in [0.3, 0.4) is 0 Å². The lowest BCUT2D eigenvalue weighted by Gasteiger charge is -2.16. The molecular weight excluding hydrogens is 426 g/mol. The summed E-state index contributed by atoms with van der Waals surface area (Å²) in [5.74, 6) is 0.871. The molecule has 1 amide bonds. The predicted molar refractivity (Wildman–Crippen MR) is 114 cm³/mol. The number of amides is 1. The van der Waals surface area contributed by atoms with Crippen molar-refractivity contribution in [2.75, 3.05) is 7.11 Å². The molecule has 2 aromatic rings. The van der Waals surface area contributed by atoms with Gasteiger partial charge in [-0.3, -0.25) is 9.69 Å². The molecule has 27 heavy (non-hydrogen) atoms. The number of methoxy groups -OCH3 is 1. The maximum Gasteiger partial charge on any atom is 0.242 e. The summed E-state index contributed by atoms with van der Waals surface area (Å²) < 4.78 is 6.20. The van der Waals surface area contributed by atoms with E-state index in [0.717, 1.165) is 27.8 Å². The van der Waals surface area contributed by atoms with Gasteiger partial charge in [-0.1, -0.05) is 58.9 Å². The first-order valence-corrected chi connectivity index (χ1v) is 10.3. The molecule has 7 heteroatoms. The van der Waals surface area contributed by atoms with E-state index < -0.39 is 0 Å². The normalized spacial score (nSPS) is 18.6. The molecule has 1 heterocycles. The van der Waals surface area contributed by atoms with Crippen molar-refractivity contribution in [3.05, 3.63) is 64.1 Å². The highest BCUT2D eigenvalue weighted by Gasteiger charge is 2.36. The lowest BCUT2D eigenvalue weighted by atomic mass is 10.2. The Morgan fingerprint density at radius 2 is 1.89 bits per heavy atom. The number of ether oxygens (including phenoxy) is 1. The van der Waals surface area contributed by atoms with Crippen molar-refractivity contribution in [2.24, 2.45) is 10.2 Å². The van der Waals surface area contributed by atoms with Crippen LogP contribution in [0, 0.1) is 0 Å². The lowest BCUT2D eigenvalue weighted by Crippen LogP contribution is -2.31. The third kappa shape index (κ3) is 4.99. The Balaban J connectivity index is 1.77. The van der Waals surface area contributed by atoms with Crippen molar-refractivity contribution in [3.8, 4) is 5.75 Å². The molecule has 0 unspecified atom stereocenters. The topological polar surface area (TPSA) is 54.3 Å². The number of halogens is 1. The summed E-state index contributed by atoms with van der Waals surface area (Å²) in [5.41, 5.74) is 1.97. The number of amidine groups is 1. The van der Waals surface area contributed by atoms with Gasteiger partial charge in [-0.05, 0) is 41.8 Å². The van der Waals surface area contributed by atoms with Crippen molar-refractivity contribution >= 4 is 45.0 Å². The molecule has 0 bridgehead atoms. The summed E-state index contributed by atoms with van der Waals surface area (Å²) in [6.07, 6.45) is 2.45. The zero-order chi connectivity index (χ0) is 19.2. The number of carbonyl (C=O) groups excluding carboxylic acids is 1. The number of nitrogens with zero attached hydrogens (tertiary/aromatic N) is 3. The Kier molecular flexibility index (Phi) is 6.68. The van der Waals surface area contributed by atoms with Crippen LogP contribution in [0.25, 0.3) is 0 Å². The lowest BCUT2D eigenvalue weighted by molar-refractivity contribution is -0.126. The number of benzene rings is 2. The molecule has 0 aliphatic carbocycles. The van der Waals surface area contributed by atoms with Gasteiger partial charge in [0.2, 0.25) is 5.91 Å². The SMILES string of the molecule is CC[C@H]1S/C(=N\N=C/c2ccc(Br)cc2)N(Cc2ccc(OC)cc2)C1=O. The summed E-state index contributed by atoms with van der Waals surface area (Å²) in [6.45, 7) is 2.48. The summed E-state index contributed by atoms with van der Waals surface area (Å²) in [4.78, 5) is 14.4. The molecule has 1 aliphatic heterocycles. The van der Waals surface area contributed by atoms with Crippen LogP contribution in [0.1, 0.15) is 24.5 Å². The molecule has 2 aromatic carbocycles. The second-order valence-corrected chi connectivity index (χ2v) is 8.05. The van der Waals surface area contributed by atoms with Crippen LogP contribution >= 0.6 is 27.7 Å². The molecule has 140 valence electrons. The van der Waals surface area contributed by atoms with E-state index in [-0.39, 0.29) is 11.2 Å². The average molecular weight is 446 g/mol. The maximum atomic E-state index is 12.7. The second kappa shape index (κ2) is 9.19. The van der Waals surface area contributed by atoms with E-state index in [1.165, 1.54) is 11.8 Å². The van der Waals surface area contributed by atoms with Gasteiger partial charge in [0.25, 0.3) is 0 Å². The Hall–Kier alpha value is -2.12. The molecule has 1 atom stereocenters. The van der Waals surface area contributed by atoms with E-state index in [2.05, 4.69) is 26.1 Å². The first kappa shape index (κ1) is 19.6. The molecule has 0 radical (unpaired) electrons. The smallest absolute Gasteiger partial charge is 0.242 e. The molecule has 3 rings (SSSR count). The summed E-state index contributed by atoms with van der Waals surface area (Å²) >= 11 is 4.88. The monoisotopic (exact) mass is 445 g/mol. The highest BCUT2D eigenvalue weighted by atomic mass is 79.9. The third-order valence-corrected chi connectivity index (χ3v) is 5.97. The summed E-state index contributed by atoms with van der Waals surface area (Å²) in [6, 6.07) is 15.5. The van der Waals surface area contributed by atoms with Crippen LogP contribution < -0.4 is 4.74 Å². The first-order valence-electron chi connectivity index (χ1n) is 8.58. The van der Waals surface area contributed by atoms with Crippen LogP contribution in [0.15, 0.2) is 63.2 Å². The van der Waals surface area contributed by atoms with Gasteiger partial charge < -0.3 is 4.74 Å². The molecule has 1 fully saturated rings. The fraction of sp³-hybridized carbons (Fsp3) is 0.250. The van der Waals surface area contributed by atoms with Gasteiger partial charge in [0.1, 0.15) is 5.75 Å². The van der Waals surface area contributed by atoms with Gasteiger partial charge in [0.15, 0.2) is 5.17 Å². The summed E-state index contributed by atoms with van der Waals surface area (Å²) in [7, 11) is 1.63. The molecule has 1 saturated heterocycles. The Labute approximate surface area is 171 Å². The Morgan fingerprint density at radius 1 is 1.19 bits per heavy atom. The van der Waals surface area contributed by atoms with E-state index in [4.69, 9.17) is 4.74 Å². The van der Waals surface area contributed by atoms with E-state index in [1.54, 1.807) is 18.2 Å². The van der Waals surface area contributed by atoms with E-state index in [1.807, 2.05) is 55.5 Å². The van der Waals surface area contributed by atoms with Crippen molar-refractivity contribution in [3.63, 3.8) is 0 Å². The molecule has 0 N–H and O–H groups in total. The van der Waals surface area contributed by atoms with Crippen LogP contribution in [0.5, 0.6) is 5.75 Å². The van der Waals surface area contributed by atoms with Gasteiger partial charge in [0.05, 0.1) is 25.1 Å². The standard InChI is InChI=1S/C20H20BrN3O2S/c1-3-18-19(25)24(13-15-6-10-17(26-2)11-7-15)20(27-18)23-22-12-14-4-8-16(21)9-5-14/h4-12,18H,3,13H2,1-2H3/b22-12-,23-20-/t18-/m1/s1. The fourth-order valence-electron chi connectivity index (χ4n) is 2.60. The zero-order valence-corrected chi connectivity index (χ0v) is 17.5. The van der Waals surface area contributed by atoms with Crippen molar-refractivity contribution in [2.45, 2.75) is 25.1 Å². The second-order valence-electron chi connectivity index (χ2n) is 5.97. The number of rotatable bonds is 6. The van der Waals surface area contributed by atoms with Gasteiger partial charge in [0, 0.05) is 4.47 Å². The summed E-state index contributed by atoms with van der Waals surface area (Å²) in [5, 5.41) is 9.04. The van der Waals surface area contributed by atoms with Gasteiger partial charge in [-0.2, -0.15) is 5.10 Å². The van der Waals surface area contributed by atoms with E-state index >= 15 is 0 Å². The molecule has 1 aliphatic rings. The molecule has 5 nitrogen and oxygen atoms in total. The Bertz CT molecular complexity index is 851. The highest BCUT2D eigenvalue weighted by Crippen LogP contribution is 2.31. The third-order valence-electron chi connectivity index (χ3n) is 4.11. The number of carbonyl (C=O) groups is 1. The van der Waals surface area contributed by atoms with Crippen LogP contribution in [-0.4, -0.2) is 34.5 Å². The van der Waals surface area contributed by atoms with Crippen molar-refractivity contribution in [1.82, 2.24) is 4.90 Å². The van der Waals surface area contributed by atoms with Crippen molar-refractivity contribution in [1.29, 1.82) is 0 Å². The number of thioether (sulfide) groups is 1. The van der Waals surface area contributed by atoms with Gasteiger partial charge >= 0.3 is 0 Å². The highest BCUT2D eigenvalue weighted by molar-refractivity contribution is 9.10. The minimum atomic E-state index is -0.107. The average Bonchev–Trinajstić information content (AvgIpc) is 2.99. The molecule has 0 aromatic heterocycles. The zero-order valence-electron chi connectivity index (χ0n) is 15.1. The minimum absolute atomic E-state index is 0.0795. The van der Waals surface area contributed by atoms with Gasteiger partial charge in [-0.25, -0.2) is 0 Å². The number of hydrogen-bond donors (Lipinski definition) is 0. The van der Waals surface area contributed by atoms with Gasteiger partial charge in [-0.15, -0.1) is 5.10 Å². The maximum absolute atomic E-state index is 12.7. The largest absolute Gasteiger partial charge is 0.497 e. The number of hydrogen-bond acceptors (Lipinski definition) is 5. The Morgan fingerprint density at radius 3 is 2.52 bits per heavy atom. The fourth-order valence-corrected chi connectivity index (χ4v) is 3.89. The van der Waals surface area contributed by atoms with Crippen molar-refractivity contribution < 1.29 is 9.53 Å². The quantitative estimate of drug-likeness (QED) is 0.478. The predicted octanol–water partition coefficient (Wildman–Crippen LogP) is 4.70. The first-order chi connectivity index (χ1) is 13.1. The molecule has 0 saturated carbocycles. The minimum Gasteiger partial charge on any atom is -0.497 e. The van der Waals surface area contributed by atoms with E-state index in [9.17, 15) is 4.79 Å². The van der Waals surface area contributed by atoms with Crippen LogP contribution in [0.2, 0.25) is 0 Å².